The molecule has 0 fully saturated rings. The summed E-state index contributed by atoms with van der Waals surface area (Å²) in [6.45, 7) is 4.31. The van der Waals surface area contributed by atoms with Gasteiger partial charge in [0.25, 0.3) is 0 Å². The Bertz CT molecular complexity index is 328. The smallest absolute Gasteiger partial charge is 0.337 e. The molecule has 0 aliphatic carbocycles. The molecule has 0 radical (unpaired) electrons. The van der Waals surface area contributed by atoms with Gasteiger partial charge in [0, 0.05) is 12.8 Å². The van der Waals surface area contributed by atoms with Crippen LogP contribution in [0, 0.1) is 0 Å². The molecular weight excluding hydrogens is 228 g/mol. The summed E-state index contributed by atoms with van der Waals surface area (Å²) in [6.07, 6.45) is 0. The molecule has 1 rings (SSSR count). The minimum Gasteiger partial charge on any atom is -0.460 e. The quantitative estimate of drug-likeness (QED) is 0.422. The lowest BCUT2D eigenvalue weighted by Crippen LogP contribution is -2.48. The number of hydrogen-bond donors (Lipinski definition) is 2. The van der Waals surface area contributed by atoms with Gasteiger partial charge in [0.1, 0.15) is 6.61 Å². The van der Waals surface area contributed by atoms with Crippen molar-refractivity contribution in [2.75, 3.05) is 20.3 Å². The molecule has 2 N–H and O–H groups in total. The average Bonchev–Trinajstić information content (AvgIpc) is 2.16. The van der Waals surface area contributed by atoms with Gasteiger partial charge in [-0.05, 0) is 26.1 Å². The number of carbonyl (C=O) groups excluding carboxylic acids is 1. The van der Waals surface area contributed by atoms with Crippen LogP contribution in [0.3, 0.4) is 0 Å². The van der Waals surface area contributed by atoms with Crippen LogP contribution in [0.4, 0.5) is 0 Å². The molecule has 0 spiro atoms. The molecule has 5 nitrogen and oxygen atoms in total. The van der Waals surface area contributed by atoms with Gasteiger partial charge in [-0.25, -0.2) is 4.79 Å². The van der Waals surface area contributed by atoms with Crippen LogP contribution in [0.2, 0.25) is 0 Å². The predicted molar refractivity (Wildman–Crippen MR) is 63.9 cm³/mol. The van der Waals surface area contributed by atoms with Gasteiger partial charge in [0.2, 0.25) is 0 Å². The van der Waals surface area contributed by atoms with Crippen molar-refractivity contribution in [3.8, 4) is 0 Å². The Morgan fingerprint density at radius 1 is 1.50 bits per heavy atom. The average molecular weight is 244 g/mol. The number of hydrogen-bond acceptors (Lipinski definition) is 4. The van der Waals surface area contributed by atoms with E-state index >= 15 is 0 Å². The summed E-state index contributed by atoms with van der Waals surface area (Å²) in [7, 11) is 1.56. The molecule has 0 aromatic rings. The molecule has 6 heteroatoms. The van der Waals surface area contributed by atoms with E-state index < -0.39 is 0 Å². The van der Waals surface area contributed by atoms with Crippen molar-refractivity contribution in [2.45, 2.75) is 19.9 Å². The summed E-state index contributed by atoms with van der Waals surface area (Å²) < 4.78 is 9.86. The maximum Gasteiger partial charge on any atom is 0.337 e. The topological polar surface area (TPSA) is 59.6 Å². The van der Waals surface area contributed by atoms with Crippen molar-refractivity contribution < 1.29 is 14.3 Å². The minimum atomic E-state index is -0.343. The second kappa shape index (κ2) is 5.81. The van der Waals surface area contributed by atoms with Crippen LogP contribution >= 0.6 is 12.2 Å². The van der Waals surface area contributed by atoms with Crippen LogP contribution < -0.4 is 10.6 Å². The van der Waals surface area contributed by atoms with Gasteiger partial charge >= 0.3 is 5.97 Å². The lowest BCUT2D eigenvalue weighted by molar-refractivity contribution is -0.140. The summed E-state index contributed by atoms with van der Waals surface area (Å²) in [5.41, 5.74) is 1.31. The third-order valence-corrected chi connectivity index (χ3v) is 2.45. The first-order valence-electron chi connectivity index (χ1n) is 5.00. The molecule has 0 amide bonds. The Morgan fingerprint density at radius 3 is 2.75 bits per heavy atom. The predicted octanol–water partition coefficient (Wildman–Crippen LogP) is 0.316. The zero-order valence-electron chi connectivity index (χ0n) is 9.62. The molecule has 0 saturated carbocycles. The molecule has 0 aromatic carbocycles. The van der Waals surface area contributed by atoms with E-state index in [2.05, 4.69) is 10.6 Å². The van der Waals surface area contributed by atoms with Gasteiger partial charge in [-0.1, -0.05) is 0 Å². The number of methoxy groups -OCH3 is 1. The van der Waals surface area contributed by atoms with E-state index in [4.69, 9.17) is 21.7 Å². The molecule has 0 aromatic heterocycles. The molecule has 1 atom stereocenters. The molecule has 0 saturated heterocycles. The Balaban J connectivity index is 2.66. The van der Waals surface area contributed by atoms with Crippen LogP contribution in [0.25, 0.3) is 0 Å². The maximum atomic E-state index is 11.7. The zero-order valence-corrected chi connectivity index (χ0v) is 10.4. The molecule has 1 heterocycles. The Labute approximate surface area is 100 Å². The van der Waals surface area contributed by atoms with E-state index in [9.17, 15) is 4.79 Å². The van der Waals surface area contributed by atoms with Crippen LogP contribution in [-0.4, -0.2) is 37.4 Å². The van der Waals surface area contributed by atoms with Crippen LogP contribution in [-0.2, 0) is 14.3 Å². The zero-order chi connectivity index (χ0) is 12.1. The van der Waals surface area contributed by atoms with Gasteiger partial charge in [-0.2, -0.15) is 0 Å². The summed E-state index contributed by atoms with van der Waals surface area (Å²) in [5, 5.41) is 6.39. The van der Waals surface area contributed by atoms with Gasteiger partial charge in [-0.3, -0.25) is 0 Å². The standard InChI is InChI=1S/C10H16N2O3S/c1-6-8(7(2)12-10(16)11-6)9(13)15-5-4-14-3/h6H,4-5H2,1-3H3,(H2,11,12,16)/t6-/m1/s1. The van der Waals surface area contributed by atoms with Gasteiger partial charge in [0.05, 0.1) is 18.2 Å². The SMILES string of the molecule is COCCOC(=O)C1=C(C)NC(=S)N[C@@H]1C. The second-order valence-corrected chi connectivity index (χ2v) is 3.90. The lowest BCUT2D eigenvalue weighted by atomic mass is 10.1. The molecular formula is C10H16N2O3S. The van der Waals surface area contributed by atoms with E-state index in [1.54, 1.807) is 14.0 Å². The van der Waals surface area contributed by atoms with Crippen molar-refractivity contribution in [3.63, 3.8) is 0 Å². The highest BCUT2D eigenvalue weighted by atomic mass is 32.1. The summed E-state index contributed by atoms with van der Waals surface area (Å²) >= 11 is 4.98. The number of allylic oxidation sites excluding steroid dienone is 1. The number of carbonyl (C=O) groups is 1. The van der Waals surface area contributed by atoms with Gasteiger partial charge in [0.15, 0.2) is 5.11 Å². The normalized spacial score (nSPS) is 20.2. The fourth-order valence-electron chi connectivity index (χ4n) is 1.49. The van der Waals surface area contributed by atoms with E-state index in [0.717, 1.165) is 5.70 Å². The van der Waals surface area contributed by atoms with Crippen LogP contribution in [0.5, 0.6) is 0 Å². The summed E-state index contributed by atoms with van der Waals surface area (Å²) in [5.74, 6) is -0.343. The fraction of sp³-hybridized carbons (Fsp3) is 0.600. The van der Waals surface area contributed by atoms with Crippen molar-refractivity contribution in [2.24, 2.45) is 0 Å². The minimum absolute atomic E-state index is 0.135. The molecule has 90 valence electrons. The summed E-state index contributed by atoms with van der Waals surface area (Å²) in [6, 6.07) is -0.135. The van der Waals surface area contributed by atoms with Crippen molar-refractivity contribution in [1.29, 1.82) is 0 Å². The second-order valence-electron chi connectivity index (χ2n) is 3.49. The number of ether oxygens (including phenoxy) is 2. The van der Waals surface area contributed by atoms with E-state index in [1.807, 2.05) is 6.92 Å². The number of rotatable bonds is 4. The number of thiocarbonyl (C=S) groups is 1. The van der Waals surface area contributed by atoms with Crippen LogP contribution in [0.15, 0.2) is 11.3 Å². The van der Waals surface area contributed by atoms with Gasteiger partial charge in [-0.15, -0.1) is 0 Å². The van der Waals surface area contributed by atoms with Crippen LogP contribution in [0.1, 0.15) is 13.8 Å². The van der Waals surface area contributed by atoms with Crippen molar-refractivity contribution in [3.05, 3.63) is 11.3 Å². The largest absolute Gasteiger partial charge is 0.460 e. The van der Waals surface area contributed by atoms with E-state index in [1.165, 1.54) is 0 Å². The maximum absolute atomic E-state index is 11.7. The monoisotopic (exact) mass is 244 g/mol. The molecule has 16 heavy (non-hydrogen) atoms. The van der Waals surface area contributed by atoms with Crippen molar-refractivity contribution in [1.82, 2.24) is 10.6 Å². The number of esters is 1. The Hall–Kier alpha value is -1.14. The van der Waals surface area contributed by atoms with Crippen molar-refractivity contribution >= 4 is 23.3 Å². The fourth-order valence-corrected chi connectivity index (χ4v) is 1.82. The molecule has 0 bridgehead atoms. The van der Waals surface area contributed by atoms with E-state index in [-0.39, 0.29) is 18.6 Å². The lowest BCUT2D eigenvalue weighted by Gasteiger charge is -2.26. The summed E-state index contributed by atoms with van der Waals surface area (Å²) in [4.78, 5) is 11.7. The number of nitrogens with one attached hydrogen (secondary N) is 2. The Kier molecular flexibility index (Phi) is 4.70. The molecule has 1 aliphatic heterocycles. The van der Waals surface area contributed by atoms with E-state index in [0.29, 0.717) is 17.3 Å². The highest BCUT2D eigenvalue weighted by molar-refractivity contribution is 7.80. The third kappa shape index (κ3) is 3.18. The van der Waals surface area contributed by atoms with Gasteiger partial charge < -0.3 is 20.1 Å². The first-order chi connectivity index (χ1) is 7.56. The first-order valence-corrected chi connectivity index (χ1v) is 5.41. The first kappa shape index (κ1) is 12.9. The highest BCUT2D eigenvalue weighted by Crippen LogP contribution is 2.13. The molecule has 0 unspecified atom stereocenters. The highest BCUT2D eigenvalue weighted by Gasteiger charge is 2.26. The Morgan fingerprint density at radius 2 is 2.19 bits per heavy atom. The third-order valence-electron chi connectivity index (χ3n) is 2.23. The molecule has 1 aliphatic rings.